The molecule has 14 heteroatoms. The van der Waals surface area contributed by atoms with Crippen molar-refractivity contribution < 1.29 is 14.4 Å². The number of pyridine rings is 2. The average molecular weight is 595 g/mol. The van der Waals surface area contributed by atoms with Crippen LogP contribution in [0.3, 0.4) is 0 Å². The summed E-state index contributed by atoms with van der Waals surface area (Å²) in [5.74, 6) is -2.58. The van der Waals surface area contributed by atoms with E-state index in [4.69, 9.17) is 11.6 Å². The van der Waals surface area contributed by atoms with E-state index in [-0.39, 0.29) is 16.7 Å². The molecule has 0 aliphatic heterocycles. The molecule has 210 valence electrons. The van der Waals surface area contributed by atoms with Gasteiger partial charge < -0.3 is 0 Å². The summed E-state index contributed by atoms with van der Waals surface area (Å²) >= 11 is 5.96. The molecule has 0 fully saturated rings. The van der Waals surface area contributed by atoms with Gasteiger partial charge in [-0.1, -0.05) is 11.6 Å². The third-order valence-corrected chi connectivity index (χ3v) is 6.89. The second-order valence-electron chi connectivity index (χ2n) is 9.19. The third kappa shape index (κ3) is 4.49. The molecule has 2 aromatic carbocycles. The highest BCUT2D eigenvalue weighted by atomic mass is 35.5. The van der Waals surface area contributed by atoms with Gasteiger partial charge in [0.05, 0.1) is 32.7 Å². The summed E-state index contributed by atoms with van der Waals surface area (Å²) in [6, 6.07) is 12.2. The number of hydrogen-bond acceptors (Lipinski definition) is 9. The number of halogens is 1. The van der Waals surface area contributed by atoms with Crippen LogP contribution in [0, 0.1) is 0 Å². The van der Waals surface area contributed by atoms with Gasteiger partial charge in [0.1, 0.15) is 0 Å². The Morgan fingerprint density at radius 3 is 1.51 bits per heavy atom. The summed E-state index contributed by atoms with van der Waals surface area (Å²) in [7, 11) is 0. The van der Waals surface area contributed by atoms with Crippen molar-refractivity contribution >= 4 is 50.7 Å². The van der Waals surface area contributed by atoms with Crippen LogP contribution in [0.2, 0.25) is 5.02 Å². The van der Waals surface area contributed by atoms with Gasteiger partial charge in [0, 0.05) is 40.9 Å². The van der Waals surface area contributed by atoms with Crippen molar-refractivity contribution in [2.45, 2.75) is 0 Å². The minimum atomic E-state index is -1.12. The number of hydrogen-bond donors (Lipinski definition) is 2. The fraction of sp³-hybridized carbons (Fsp3) is 0. The topological polar surface area (TPSA) is 179 Å². The highest BCUT2D eigenvalue weighted by molar-refractivity contribution is 6.31. The molecule has 0 aliphatic rings. The molecule has 6 rings (SSSR count). The summed E-state index contributed by atoms with van der Waals surface area (Å²) in [6.45, 7) is 0. The summed E-state index contributed by atoms with van der Waals surface area (Å²) < 4.78 is 0.787. The Morgan fingerprint density at radius 2 is 1.09 bits per heavy atom. The van der Waals surface area contributed by atoms with Gasteiger partial charge in [-0.05, 0) is 54.6 Å². The third-order valence-electron chi connectivity index (χ3n) is 6.64. The fourth-order valence-corrected chi connectivity index (χ4v) is 4.74. The molecule has 0 radical (unpaired) electrons. The first kappa shape index (κ1) is 27.1. The van der Waals surface area contributed by atoms with Gasteiger partial charge in [-0.3, -0.25) is 54.4 Å². The molecule has 0 atom stereocenters. The number of rotatable bonds is 6. The summed E-state index contributed by atoms with van der Waals surface area (Å²) in [4.78, 5) is 101. The maximum Gasteiger partial charge on any atom is 0.281 e. The standard InChI is InChI=1S/C29H15ClN6O7/c30-17-7-5-14(6-8-17)23(37)22-20-18(26(40)35(28(20)42)33-24(38)15-3-1-9-31-12-15)11-19-21(22)29(43)36(27(19)41)34-25(39)16-4-2-10-32-13-16/h1-13H,(H,33,38)(H,34,39). The van der Waals surface area contributed by atoms with Crippen molar-refractivity contribution in [3.8, 4) is 0 Å². The molecular formula is C29H15ClN6O7. The number of nitrogens with one attached hydrogen (secondary N) is 2. The number of aromatic nitrogens is 4. The monoisotopic (exact) mass is 594 g/mol. The van der Waals surface area contributed by atoms with Crippen LogP contribution in [0.25, 0.3) is 21.5 Å². The number of ketones is 1. The Balaban J connectivity index is 1.61. The lowest BCUT2D eigenvalue weighted by Gasteiger charge is -2.05. The number of carbonyl (C=O) groups excluding carboxylic acids is 3. The maximum absolute atomic E-state index is 13.9. The molecule has 43 heavy (non-hydrogen) atoms. The molecule has 13 nitrogen and oxygen atoms in total. The van der Waals surface area contributed by atoms with Crippen LogP contribution < -0.4 is 33.1 Å². The molecule has 4 aromatic heterocycles. The predicted molar refractivity (Wildman–Crippen MR) is 156 cm³/mol. The van der Waals surface area contributed by atoms with E-state index in [9.17, 15) is 33.6 Å². The number of fused-ring (bicyclic) bond motifs is 2. The van der Waals surface area contributed by atoms with E-state index < -0.39 is 66.9 Å². The molecule has 6 aromatic rings. The van der Waals surface area contributed by atoms with Crippen molar-refractivity contribution in [3.05, 3.63) is 148 Å². The zero-order valence-electron chi connectivity index (χ0n) is 21.5. The number of nitrogens with zero attached hydrogens (tertiary/aromatic N) is 4. The fourth-order valence-electron chi connectivity index (χ4n) is 4.62. The normalized spacial score (nSPS) is 11.1. The molecule has 4 heterocycles. The number of amides is 2. The Labute approximate surface area is 243 Å². The molecular weight excluding hydrogens is 580 g/mol. The predicted octanol–water partition coefficient (Wildman–Crippen LogP) is 1.35. The molecule has 2 N–H and O–H groups in total. The maximum atomic E-state index is 13.9. The zero-order chi connectivity index (χ0) is 30.4. The van der Waals surface area contributed by atoms with Crippen LogP contribution in [-0.2, 0) is 0 Å². The molecule has 0 saturated carbocycles. The van der Waals surface area contributed by atoms with Crippen LogP contribution in [0.4, 0.5) is 0 Å². The van der Waals surface area contributed by atoms with E-state index in [2.05, 4.69) is 20.8 Å². The van der Waals surface area contributed by atoms with Gasteiger partial charge in [0.25, 0.3) is 34.1 Å². The van der Waals surface area contributed by atoms with E-state index in [1.165, 1.54) is 73.3 Å². The van der Waals surface area contributed by atoms with Crippen LogP contribution in [0.1, 0.15) is 36.6 Å². The van der Waals surface area contributed by atoms with Gasteiger partial charge in [0.2, 0.25) is 0 Å². The molecule has 2 amide bonds. The Bertz CT molecular complexity index is 2190. The number of carbonyl (C=O) groups is 3. The average Bonchev–Trinajstić information content (AvgIpc) is 3.40. The van der Waals surface area contributed by atoms with Crippen LogP contribution in [-0.4, -0.2) is 36.9 Å². The second kappa shape index (κ2) is 10.4. The van der Waals surface area contributed by atoms with Crippen molar-refractivity contribution in [3.63, 3.8) is 0 Å². The van der Waals surface area contributed by atoms with Gasteiger partial charge in [-0.25, -0.2) is 0 Å². The lowest BCUT2D eigenvalue weighted by atomic mass is 9.95. The molecule has 0 aliphatic carbocycles. The molecule has 0 bridgehead atoms. The van der Waals surface area contributed by atoms with Crippen LogP contribution in [0.15, 0.2) is 98.6 Å². The molecule has 0 spiro atoms. The lowest BCUT2D eigenvalue weighted by Crippen LogP contribution is -2.38. The van der Waals surface area contributed by atoms with Crippen LogP contribution >= 0.6 is 11.6 Å². The molecule has 0 unspecified atom stereocenters. The summed E-state index contributed by atoms with van der Waals surface area (Å²) in [5, 5.41) is -1.53. The van der Waals surface area contributed by atoms with E-state index in [0.717, 1.165) is 6.07 Å². The first-order valence-electron chi connectivity index (χ1n) is 12.4. The molecule has 0 saturated heterocycles. The van der Waals surface area contributed by atoms with E-state index in [1.54, 1.807) is 0 Å². The first-order valence-corrected chi connectivity index (χ1v) is 12.8. The van der Waals surface area contributed by atoms with E-state index in [1.807, 2.05) is 0 Å². The van der Waals surface area contributed by atoms with Crippen molar-refractivity contribution in [2.24, 2.45) is 0 Å². The largest absolute Gasteiger partial charge is 0.289 e. The minimum Gasteiger partial charge on any atom is -0.289 e. The smallest absolute Gasteiger partial charge is 0.281 e. The lowest BCUT2D eigenvalue weighted by molar-refractivity contribution is 0.0998. The van der Waals surface area contributed by atoms with Crippen molar-refractivity contribution in [1.82, 2.24) is 19.3 Å². The van der Waals surface area contributed by atoms with E-state index >= 15 is 0 Å². The Hall–Kier alpha value is -6.08. The summed E-state index contributed by atoms with van der Waals surface area (Å²) in [5.41, 5.74) is -0.465. The van der Waals surface area contributed by atoms with Gasteiger partial charge >= 0.3 is 0 Å². The van der Waals surface area contributed by atoms with Gasteiger partial charge in [-0.15, -0.1) is 0 Å². The van der Waals surface area contributed by atoms with Gasteiger partial charge in [0.15, 0.2) is 5.78 Å². The van der Waals surface area contributed by atoms with Crippen LogP contribution in [0.5, 0.6) is 0 Å². The zero-order valence-corrected chi connectivity index (χ0v) is 22.3. The minimum absolute atomic E-state index is 0.0174. The van der Waals surface area contributed by atoms with Crippen molar-refractivity contribution in [2.75, 3.05) is 10.9 Å². The first-order chi connectivity index (χ1) is 20.7. The van der Waals surface area contributed by atoms with Gasteiger partial charge in [-0.2, -0.15) is 9.35 Å². The number of benzene rings is 2. The summed E-state index contributed by atoms with van der Waals surface area (Å²) in [6.07, 6.45) is 5.27. The second-order valence-corrected chi connectivity index (χ2v) is 9.63. The Morgan fingerprint density at radius 1 is 0.628 bits per heavy atom. The highest BCUT2D eigenvalue weighted by Gasteiger charge is 2.30. The highest BCUT2D eigenvalue weighted by Crippen LogP contribution is 2.25. The SMILES string of the molecule is O=C(Nn1c(=O)c2cc3c(=O)n(NC(=O)c4cccnc4)c(=O)c3c(C(=O)c3ccc(Cl)cc3)c2c1=O)c1cccnc1. The quantitative estimate of drug-likeness (QED) is 0.269. The van der Waals surface area contributed by atoms with Crippen molar-refractivity contribution in [1.29, 1.82) is 0 Å². The van der Waals surface area contributed by atoms with E-state index in [0.29, 0.717) is 14.4 Å². The Kier molecular flexibility index (Phi) is 6.55.